The van der Waals surface area contributed by atoms with Gasteiger partial charge in [0.15, 0.2) is 0 Å². The van der Waals surface area contributed by atoms with E-state index in [1.165, 1.54) is 11.8 Å². The van der Waals surface area contributed by atoms with Crippen LogP contribution < -0.4 is 5.32 Å². The standard InChI is InChI=1S/C14H17N3O3S/c1-9-12(10(2)20-17-9)8-21-14-11(4-3-5-16-14)13(19)15-6-7-18/h3-5,18H,6-8H2,1-2H3,(H,15,19). The molecule has 0 aliphatic rings. The lowest BCUT2D eigenvalue weighted by Gasteiger charge is -2.08. The highest BCUT2D eigenvalue weighted by Crippen LogP contribution is 2.27. The maximum Gasteiger partial charge on any atom is 0.254 e. The summed E-state index contributed by atoms with van der Waals surface area (Å²) in [4.78, 5) is 16.3. The first-order valence-electron chi connectivity index (χ1n) is 6.52. The van der Waals surface area contributed by atoms with Gasteiger partial charge in [0.25, 0.3) is 5.91 Å². The number of aryl methyl sites for hydroxylation is 2. The lowest BCUT2D eigenvalue weighted by molar-refractivity contribution is 0.0941. The van der Waals surface area contributed by atoms with Gasteiger partial charge in [-0.1, -0.05) is 5.16 Å². The third-order valence-corrected chi connectivity index (χ3v) is 3.98. The molecule has 21 heavy (non-hydrogen) atoms. The Bertz CT molecular complexity index is 608. The fourth-order valence-corrected chi connectivity index (χ4v) is 2.94. The zero-order valence-corrected chi connectivity index (χ0v) is 12.7. The fourth-order valence-electron chi connectivity index (χ4n) is 1.79. The molecule has 0 atom stereocenters. The van der Waals surface area contributed by atoms with E-state index in [9.17, 15) is 4.79 Å². The number of hydrogen-bond acceptors (Lipinski definition) is 6. The van der Waals surface area contributed by atoms with Gasteiger partial charge in [0.2, 0.25) is 0 Å². The number of aliphatic hydroxyl groups is 1. The normalized spacial score (nSPS) is 10.6. The van der Waals surface area contributed by atoms with E-state index in [2.05, 4.69) is 15.5 Å². The molecule has 2 aromatic heterocycles. The summed E-state index contributed by atoms with van der Waals surface area (Å²) in [5, 5.41) is 16.0. The van der Waals surface area contributed by atoms with Gasteiger partial charge in [-0.2, -0.15) is 0 Å². The van der Waals surface area contributed by atoms with Crippen LogP contribution in [-0.4, -0.2) is 34.3 Å². The molecule has 0 aliphatic carbocycles. The van der Waals surface area contributed by atoms with Crippen molar-refractivity contribution in [3.63, 3.8) is 0 Å². The first kappa shape index (κ1) is 15.5. The van der Waals surface area contributed by atoms with Crippen LogP contribution in [0.25, 0.3) is 0 Å². The summed E-state index contributed by atoms with van der Waals surface area (Å²) in [6, 6.07) is 3.43. The van der Waals surface area contributed by atoms with Crippen molar-refractivity contribution in [1.29, 1.82) is 0 Å². The third kappa shape index (κ3) is 3.83. The quantitative estimate of drug-likeness (QED) is 0.790. The van der Waals surface area contributed by atoms with Crippen LogP contribution in [0.2, 0.25) is 0 Å². The average Bonchev–Trinajstić information content (AvgIpc) is 2.82. The van der Waals surface area contributed by atoms with E-state index in [0.29, 0.717) is 16.3 Å². The average molecular weight is 307 g/mol. The molecule has 0 saturated heterocycles. The highest BCUT2D eigenvalue weighted by molar-refractivity contribution is 7.98. The highest BCUT2D eigenvalue weighted by atomic mass is 32.2. The lowest BCUT2D eigenvalue weighted by atomic mass is 10.2. The van der Waals surface area contributed by atoms with E-state index in [1.54, 1.807) is 18.3 Å². The largest absolute Gasteiger partial charge is 0.395 e. The molecule has 1 amide bonds. The maximum atomic E-state index is 12.0. The van der Waals surface area contributed by atoms with Crippen molar-refractivity contribution in [2.24, 2.45) is 0 Å². The number of aromatic nitrogens is 2. The topological polar surface area (TPSA) is 88.2 Å². The van der Waals surface area contributed by atoms with Gasteiger partial charge in [-0.25, -0.2) is 4.98 Å². The van der Waals surface area contributed by atoms with Crippen LogP contribution in [0.5, 0.6) is 0 Å². The number of hydrogen-bond donors (Lipinski definition) is 2. The van der Waals surface area contributed by atoms with Gasteiger partial charge in [-0.05, 0) is 26.0 Å². The molecular weight excluding hydrogens is 290 g/mol. The van der Waals surface area contributed by atoms with Crippen LogP contribution in [0.1, 0.15) is 27.4 Å². The lowest BCUT2D eigenvalue weighted by Crippen LogP contribution is -2.27. The number of carbonyl (C=O) groups excluding carboxylic acids is 1. The molecule has 2 aromatic rings. The monoisotopic (exact) mass is 307 g/mol. The number of nitrogens with zero attached hydrogens (tertiary/aromatic N) is 2. The van der Waals surface area contributed by atoms with E-state index < -0.39 is 0 Å². The Balaban J connectivity index is 2.12. The molecule has 0 radical (unpaired) electrons. The maximum absolute atomic E-state index is 12.0. The molecule has 0 fully saturated rings. The Hall–Kier alpha value is -1.86. The van der Waals surface area contributed by atoms with Crippen molar-refractivity contribution in [2.45, 2.75) is 24.6 Å². The van der Waals surface area contributed by atoms with Crippen LogP contribution in [0.15, 0.2) is 27.9 Å². The zero-order valence-electron chi connectivity index (χ0n) is 11.9. The van der Waals surface area contributed by atoms with Crippen molar-refractivity contribution in [1.82, 2.24) is 15.5 Å². The van der Waals surface area contributed by atoms with Gasteiger partial charge in [-0.3, -0.25) is 4.79 Å². The predicted molar refractivity (Wildman–Crippen MR) is 79.2 cm³/mol. The smallest absolute Gasteiger partial charge is 0.254 e. The summed E-state index contributed by atoms with van der Waals surface area (Å²) in [5.74, 6) is 1.18. The molecule has 112 valence electrons. The number of rotatable bonds is 6. The van der Waals surface area contributed by atoms with Gasteiger partial charge in [0, 0.05) is 24.1 Å². The van der Waals surface area contributed by atoms with Crippen molar-refractivity contribution < 1.29 is 14.4 Å². The molecular formula is C14H17N3O3S. The molecule has 0 bridgehead atoms. The number of thioether (sulfide) groups is 1. The molecule has 7 heteroatoms. The summed E-state index contributed by atoms with van der Waals surface area (Å²) in [5.41, 5.74) is 2.37. The Morgan fingerprint density at radius 3 is 2.95 bits per heavy atom. The summed E-state index contributed by atoms with van der Waals surface area (Å²) < 4.78 is 5.12. The van der Waals surface area contributed by atoms with Crippen LogP contribution in [-0.2, 0) is 5.75 Å². The summed E-state index contributed by atoms with van der Waals surface area (Å²) in [7, 11) is 0. The molecule has 2 rings (SSSR count). The second-order valence-electron chi connectivity index (χ2n) is 4.43. The van der Waals surface area contributed by atoms with Crippen molar-refractivity contribution >= 4 is 17.7 Å². The molecule has 0 saturated carbocycles. The van der Waals surface area contributed by atoms with Crippen LogP contribution in [0.4, 0.5) is 0 Å². The summed E-state index contributed by atoms with van der Waals surface area (Å²) in [6.45, 7) is 3.89. The first-order chi connectivity index (χ1) is 10.1. The number of aliphatic hydroxyl groups excluding tert-OH is 1. The number of pyridine rings is 1. The second-order valence-corrected chi connectivity index (χ2v) is 5.39. The van der Waals surface area contributed by atoms with Gasteiger partial charge in [0.05, 0.1) is 17.9 Å². The Morgan fingerprint density at radius 2 is 2.29 bits per heavy atom. The first-order valence-corrected chi connectivity index (χ1v) is 7.50. The molecule has 0 aromatic carbocycles. The molecule has 0 spiro atoms. The second kappa shape index (κ2) is 7.24. The Kier molecular flexibility index (Phi) is 5.35. The van der Waals surface area contributed by atoms with Gasteiger partial charge in [0.1, 0.15) is 10.8 Å². The van der Waals surface area contributed by atoms with Crippen molar-refractivity contribution in [2.75, 3.05) is 13.2 Å². The van der Waals surface area contributed by atoms with Gasteiger partial charge in [-0.15, -0.1) is 11.8 Å². The summed E-state index contributed by atoms with van der Waals surface area (Å²) >= 11 is 1.46. The zero-order chi connectivity index (χ0) is 15.2. The van der Waals surface area contributed by atoms with Crippen molar-refractivity contribution in [3.8, 4) is 0 Å². The van der Waals surface area contributed by atoms with Gasteiger partial charge < -0.3 is 14.9 Å². The van der Waals surface area contributed by atoms with Crippen molar-refractivity contribution in [3.05, 3.63) is 40.9 Å². The molecule has 2 heterocycles. The minimum atomic E-state index is -0.238. The summed E-state index contributed by atoms with van der Waals surface area (Å²) in [6.07, 6.45) is 1.65. The molecule has 0 aliphatic heterocycles. The minimum absolute atomic E-state index is 0.0897. The van der Waals surface area contributed by atoms with Gasteiger partial charge >= 0.3 is 0 Å². The Labute approximate surface area is 126 Å². The van der Waals surface area contributed by atoms with Crippen LogP contribution in [0.3, 0.4) is 0 Å². The number of carbonyl (C=O) groups is 1. The molecule has 6 nitrogen and oxygen atoms in total. The Morgan fingerprint density at radius 1 is 1.48 bits per heavy atom. The highest BCUT2D eigenvalue weighted by Gasteiger charge is 2.15. The van der Waals surface area contributed by atoms with E-state index in [-0.39, 0.29) is 19.1 Å². The SMILES string of the molecule is Cc1noc(C)c1CSc1ncccc1C(=O)NCCO. The van der Waals surface area contributed by atoms with Crippen LogP contribution in [0, 0.1) is 13.8 Å². The molecule has 0 unspecified atom stereocenters. The van der Waals surface area contributed by atoms with Crippen LogP contribution >= 0.6 is 11.8 Å². The molecule has 2 N–H and O–H groups in total. The van der Waals surface area contributed by atoms with E-state index in [1.807, 2.05) is 13.8 Å². The van der Waals surface area contributed by atoms with E-state index >= 15 is 0 Å². The third-order valence-electron chi connectivity index (χ3n) is 2.95. The predicted octanol–water partition coefficient (Wildman–Crippen LogP) is 1.70. The number of nitrogens with one attached hydrogen (secondary N) is 1. The minimum Gasteiger partial charge on any atom is -0.395 e. The fraction of sp³-hybridized carbons (Fsp3) is 0.357. The van der Waals surface area contributed by atoms with E-state index in [4.69, 9.17) is 9.63 Å². The number of amides is 1. The van der Waals surface area contributed by atoms with E-state index in [0.717, 1.165) is 17.0 Å².